The molecule has 1 aromatic carbocycles. The zero-order chi connectivity index (χ0) is 27.5. The third-order valence-corrected chi connectivity index (χ3v) is 4.97. The van der Waals surface area contributed by atoms with E-state index in [0.717, 1.165) is 31.8 Å². The SMILES string of the molecule is CCN(CC)CC(C)(C)CNC(=O)c1ccc(-c2ccc(C(F)(F)F)cc2)o1.O=C(O)C=CC(=O)O. The molecule has 8 nitrogen and oxygen atoms in total. The fourth-order valence-corrected chi connectivity index (χ4v) is 3.10. The Labute approximate surface area is 207 Å². The second kappa shape index (κ2) is 13.5. The van der Waals surface area contributed by atoms with Gasteiger partial charge in [-0.25, -0.2) is 9.59 Å². The lowest BCUT2D eigenvalue weighted by molar-refractivity contribution is -0.137. The van der Waals surface area contributed by atoms with Crippen LogP contribution in [0.3, 0.4) is 0 Å². The molecule has 1 aromatic heterocycles. The van der Waals surface area contributed by atoms with Gasteiger partial charge in [0.25, 0.3) is 5.91 Å². The molecule has 0 saturated carbocycles. The number of amides is 1. The maximum Gasteiger partial charge on any atom is 0.416 e. The highest BCUT2D eigenvalue weighted by Gasteiger charge is 2.30. The highest BCUT2D eigenvalue weighted by molar-refractivity contribution is 5.92. The van der Waals surface area contributed by atoms with E-state index in [-0.39, 0.29) is 17.1 Å². The molecule has 0 aliphatic rings. The van der Waals surface area contributed by atoms with E-state index in [1.807, 2.05) is 0 Å². The second-order valence-electron chi connectivity index (χ2n) is 8.56. The molecule has 11 heteroatoms. The Hall–Kier alpha value is -3.60. The van der Waals surface area contributed by atoms with Gasteiger partial charge in [0.2, 0.25) is 0 Å². The van der Waals surface area contributed by atoms with E-state index in [1.165, 1.54) is 18.2 Å². The summed E-state index contributed by atoms with van der Waals surface area (Å²) in [6, 6.07) is 7.76. The first kappa shape index (κ1) is 30.4. The molecule has 36 heavy (non-hydrogen) atoms. The topological polar surface area (TPSA) is 120 Å². The standard InChI is InChI=1S/C21H27F3N2O2.C4H4O4/c1-5-26(6-2)14-20(3,4)13-25-19(27)18-12-11-17(28-18)15-7-9-16(10-8-15)21(22,23)24;5-3(6)1-2-4(7)8/h7-12H,5-6,13-14H2,1-4H3,(H,25,27);1-2H,(H,5,6)(H,7,8). The molecule has 3 N–H and O–H groups in total. The largest absolute Gasteiger partial charge is 0.478 e. The number of carbonyl (C=O) groups excluding carboxylic acids is 1. The van der Waals surface area contributed by atoms with Gasteiger partial charge in [-0.05, 0) is 42.8 Å². The zero-order valence-corrected chi connectivity index (χ0v) is 20.6. The molecule has 1 amide bonds. The van der Waals surface area contributed by atoms with Crippen molar-refractivity contribution in [2.75, 3.05) is 26.2 Å². The molecule has 198 valence electrons. The Morgan fingerprint density at radius 1 is 0.944 bits per heavy atom. The van der Waals surface area contributed by atoms with E-state index in [0.29, 0.717) is 30.0 Å². The molecule has 2 aromatic rings. The number of hydrogen-bond donors (Lipinski definition) is 3. The van der Waals surface area contributed by atoms with E-state index in [9.17, 15) is 27.6 Å². The third kappa shape index (κ3) is 10.8. The number of carboxylic acids is 2. The van der Waals surface area contributed by atoms with E-state index in [2.05, 4.69) is 37.9 Å². The van der Waals surface area contributed by atoms with Crippen LogP contribution in [0.15, 0.2) is 53.0 Å². The number of nitrogens with one attached hydrogen (secondary N) is 1. The van der Waals surface area contributed by atoms with Crippen molar-refractivity contribution in [3.63, 3.8) is 0 Å². The van der Waals surface area contributed by atoms with Crippen LogP contribution in [0.4, 0.5) is 13.2 Å². The van der Waals surface area contributed by atoms with Gasteiger partial charge < -0.3 is 24.8 Å². The number of hydrogen-bond acceptors (Lipinski definition) is 5. The van der Waals surface area contributed by atoms with Crippen molar-refractivity contribution in [1.82, 2.24) is 10.2 Å². The van der Waals surface area contributed by atoms with Gasteiger partial charge in [-0.2, -0.15) is 13.2 Å². The van der Waals surface area contributed by atoms with Crippen molar-refractivity contribution in [1.29, 1.82) is 0 Å². The van der Waals surface area contributed by atoms with E-state index in [1.54, 1.807) is 6.07 Å². The maximum atomic E-state index is 12.7. The summed E-state index contributed by atoms with van der Waals surface area (Å²) in [6.07, 6.45) is -3.27. The lowest BCUT2D eigenvalue weighted by Crippen LogP contribution is -2.42. The molecule has 0 aliphatic carbocycles. The van der Waals surface area contributed by atoms with E-state index in [4.69, 9.17) is 14.6 Å². The summed E-state index contributed by atoms with van der Waals surface area (Å²) in [5, 5.41) is 18.5. The molecule has 0 radical (unpaired) electrons. The third-order valence-electron chi connectivity index (χ3n) is 4.97. The quantitative estimate of drug-likeness (QED) is 0.392. The number of aliphatic carboxylic acids is 2. The molecule has 0 saturated heterocycles. The fourth-order valence-electron chi connectivity index (χ4n) is 3.10. The lowest BCUT2D eigenvalue weighted by atomic mass is 9.92. The van der Waals surface area contributed by atoms with Crippen molar-refractivity contribution < 1.29 is 42.2 Å². The van der Waals surface area contributed by atoms with E-state index >= 15 is 0 Å². The Kier molecular flexibility index (Phi) is 11.4. The minimum atomic E-state index is -4.38. The molecule has 2 rings (SSSR count). The predicted molar refractivity (Wildman–Crippen MR) is 127 cm³/mol. The second-order valence-corrected chi connectivity index (χ2v) is 8.56. The maximum absolute atomic E-state index is 12.7. The van der Waals surface area contributed by atoms with Crippen molar-refractivity contribution in [2.45, 2.75) is 33.9 Å². The molecular weight excluding hydrogens is 481 g/mol. The van der Waals surface area contributed by atoms with Crippen LogP contribution in [0, 0.1) is 5.41 Å². The van der Waals surface area contributed by atoms with Gasteiger partial charge in [0.15, 0.2) is 5.76 Å². The van der Waals surface area contributed by atoms with Crippen molar-refractivity contribution in [2.24, 2.45) is 5.41 Å². The van der Waals surface area contributed by atoms with Gasteiger partial charge in [-0.15, -0.1) is 0 Å². The summed E-state index contributed by atoms with van der Waals surface area (Å²) in [6.45, 7) is 11.6. The van der Waals surface area contributed by atoms with Gasteiger partial charge in [0.05, 0.1) is 5.56 Å². The van der Waals surface area contributed by atoms with Crippen LogP contribution in [0.5, 0.6) is 0 Å². The van der Waals surface area contributed by atoms with Gasteiger partial charge in [-0.3, -0.25) is 4.79 Å². The highest BCUT2D eigenvalue weighted by Crippen LogP contribution is 2.31. The normalized spacial score (nSPS) is 11.8. The molecule has 0 fully saturated rings. The highest BCUT2D eigenvalue weighted by atomic mass is 19.4. The first-order valence-corrected chi connectivity index (χ1v) is 11.1. The van der Waals surface area contributed by atoms with Crippen molar-refractivity contribution >= 4 is 17.8 Å². The Balaban J connectivity index is 0.000000697. The summed E-state index contributed by atoms with van der Waals surface area (Å²) in [5.41, 5.74) is -0.352. The van der Waals surface area contributed by atoms with Crippen LogP contribution in [0.2, 0.25) is 0 Å². The number of halogens is 3. The van der Waals surface area contributed by atoms with Crippen LogP contribution < -0.4 is 5.32 Å². The van der Waals surface area contributed by atoms with E-state index < -0.39 is 23.7 Å². The van der Waals surface area contributed by atoms with Crippen LogP contribution >= 0.6 is 0 Å². The van der Waals surface area contributed by atoms with Crippen LogP contribution in [0.25, 0.3) is 11.3 Å². The number of benzene rings is 1. The first-order chi connectivity index (χ1) is 16.7. The smallest absolute Gasteiger partial charge is 0.416 e. The van der Waals surface area contributed by atoms with Gasteiger partial charge >= 0.3 is 18.1 Å². The van der Waals surface area contributed by atoms with Crippen LogP contribution in [-0.2, 0) is 15.8 Å². The minimum absolute atomic E-state index is 0.107. The Bertz CT molecular complexity index is 1020. The molecule has 0 bridgehead atoms. The molecular formula is C25H31F3N2O6. The average Bonchev–Trinajstić information content (AvgIpc) is 3.30. The number of furan rings is 1. The Morgan fingerprint density at radius 2 is 1.47 bits per heavy atom. The minimum Gasteiger partial charge on any atom is -0.478 e. The number of rotatable bonds is 10. The van der Waals surface area contributed by atoms with Crippen molar-refractivity contribution in [3.05, 3.63) is 59.9 Å². The van der Waals surface area contributed by atoms with Gasteiger partial charge in [0, 0.05) is 30.8 Å². The van der Waals surface area contributed by atoms with Crippen molar-refractivity contribution in [3.8, 4) is 11.3 Å². The summed E-state index contributed by atoms with van der Waals surface area (Å²) in [7, 11) is 0. The van der Waals surface area contributed by atoms with Gasteiger partial charge in [0.1, 0.15) is 5.76 Å². The van der Waals surface area contributed by atoms with Crippen LogP contribution in [-0.4, -0.2) is 59.1 Å². The monoisotopic (exact) mass is 512 g/mol. The average molecular weight is 513 g/mol. The summed E-state index contributed by atoms with van der Waals surface area (Å²) in [4.78, 5) is 33.8. The first-order valence-electron chi connectivity index (χ1n) is 11.1. The Morgan fingerprint density at radius 3 is 1.92 bits per heavy atom. The molecule has 0 aliphatic heterocycles. The molecule has 1 heterocycles. The molecule has 0 unspecified atom stereocenters. The zero-order valence-electron chi connectivity index (χ0n) is 20.6. The van der Waals surface area contributed by atoms with Gasteiger partial charge in [-0.1, -0.05) is 39.8 Å². The number of carboxylic acid groups (broad SMARTS) is 2. The van der Waals surface area contributed by atoms with Crippen LogP contribution in [0.1, 0.15) is 43.8 Å². The summed E-state index contributed by atoms with van der Waals surface area (Å²) >= 11 is 0. The lowest BCUT2D eigenvalue weighted by Gasteiger charge is -2.31. The molecule has 0 atom stereocenters. The number of carbonyl (C=O) groups is 3. The summed E-state index contributed by atoms with van der Waals surface area (Å²) < 4.78 is 43.5. The predicted octanol–water partition coefficient (Wildman–Crippen LogP) is 4.78. The number of nitrogens with zero attached hydrogens (tertiary/aromatic N) is 1. The number of alkyl halides is 3. The summed E-state index contributed by atoms with van der Waals surface area (Å²) in [5.74, 6) is -2.37. The molecule has 0 spiro atoms. The fraction of sp³-hybridized carbons (Fsp3) is 0.400.